The van der Waals surface area contributed by atoms with E-state index in [1.807, 2.05) is 6.07 Å². The fraction of sp³-hybridized carbons (Fsp3) is 0.583. The lowest BCUT2D eigenvalue weighted by atomic mass is 9.99. The van der Waals surface area contributed by atoms with Gasteiger partial charge in [0.2, 0.25) is 0 Å². The van der Waals surface area contributed by atoms with Crippen molar-refractivity contribution in [2.45, 2.75) is 32.2 Å². The molecule has 1 aromatic heterocycles. The molecule has 1 aliphatic carbocycles. The van der Waals surface area contributed by atoms with Crippen molar-refractivity contribution in [3.05, 3.63) is 10.9 Å². The van der Waals surface area contributed by atoms with E-state index < -0.39 is 0 Å². The number of carbonyl (C=O) groups is 1. The van der Waals surface area contributed by atoms with Crippen LogP contribution in [0.1, 0.15) is 36.4 Å². The number of nitrogens with two attached hydrogens (primary N) is 1. The average Bonchev–Trinajstić information content (AvgIpc) is 3.04. The van der Waals surface area contributed by atoms with Crippen LogP contribution in [-0.2, 0) is 0 Å². The van der Waals surface area contributed by atoms with Crippen molar-refractivity contribution < 1.29 is 4.79 Å². The highest BCUT2D eigenvalue weighted by atomic mass is 32.1. The van der Waals surface area contributed by atoms with Gasteiger partial charge in [-0.25, -0.2) is 0 Å². The zero-order valence-corrected chi connectivity index (χ0v) is 11.3. The van der Waals surface area contributed by atoms with Crippen molar-refractivity contribution in [3.8, 4) is 0 Å². The van der Waals surface area contributed by atoms with Crippen LogP contribution in [0.4, 0.5) is 10.7 Å². The van der Waals surface area contributed by atoms with Gasteiger partial charge in [0.15, 0.2) is 0 Å². The van der Waals surface area contributed by atoms with E-state index >= 15 is 0 Å². The van der Waals surface area contributed by atoms with E-state index in [0.717, 1.165) is 10.9 Å². The molecule has 2 rings (SSSR count). The summed E-state index contributed by atoms with van der Waals surface area (Å²) in [5.74, 6) is 0.610. The second kappa shape index (κ2) is 4.22. The topological polar surface area (TPSA) is 67.2 Å². The lowest BCUT2D eigenvalue weighted by molar-refractivity contribution is 0.0968. The first kappa shape index (κ1) is 12.2. The Morgan fingerprint density at radius 1 is 1.53 bits per heavy atom. The first-order valence-electron chi connectivity index (χ1n) is 5.83. The molecule has 1 fully saturated rings. The Bertz CT molecular complexity index is 435. The van der Waals surface area contributed by atoms with E-state index in [0.29, 0.717) is 10.6 Å². The zero-order valence-electron chi connectivity index (χ0n) is 10.5. The van der Waals surface area contributed by atoms with Crippen molar-refractivity contribution >= 4 is 27.9 Å². The summed E-state index contributed by atoms with van der Waals surface area (Å²) in [6, 6.07) is 1.85. The molecule has 1 amide bonds. The summed E-state index contributed by atoms with van der Waals surface area (Å²) in [6.07, 6.45) is 2.56. The molecule has 5 heteroatoms. The van der Waals surface area contributed by atoms with Gasteiger partial charge >= 0.3 is 0 Å². The first-order chi connectivity index (χ1) is 7.94. The van der Waals surface area contributed by atoms with Gasteiger partial charge in [0.25, 0.3) is 5.91 Å². The summed E-state index contributed by atoms with van der Waals surface area (Å²) in [5, 5.41) is 7.05. The van der Waals surface area contributed by atoms with Crippen molar-refractivity contribution in [3.63, 3.8) is 0 Å². The molecule has 0 radical (unpaired) electrons. The number of amides is 1. The molecule has 94 valence electrons. The quantitative estimate of drug-likeness (QED) is 0.771. The number of nitrogen functional groups attached to an aromatic ring is 1. The van der Waals surface area contributed by atoms with E-state index in [1.54, 1.807) is 7.05 Å². The molecule has 0 atom stereocenters. The van der Waals surface area contributed by atoms with Crippen molar-refractivity contribution in [1.82, 2.24) is 5.32 Å². The third kappa shape index (κ3) is 2.54. The van der Waals surface area contributed by atoms with Crippen LogP contribution >= 0.6 is 11.3 Å². The highest BCUT2D eigenvalue weighted by Crippen LogP contribution is 2.42. The van der Waals surface area contributed by atoms with Gasteiger partial charge in [0, 0.05) is 12.6 Å². The lowest BCUT2D eigenvalue weighted by Gasteiger charge is -2.26. The van der Waals surface area contributed by atoms with Gasteiger partial charge in [0.05, 0.1) is 10.7 Å². The fourth-order valence-electron chi connectivity index (χ4n) is 1.98. The molecular formula is C12H19N3OS. The van der Waals surface area contributed by atoms with Gasteiger partial charge < -0.3 is 16.4 Å². The molecule has 0 bridgehead atoms. The minimum atomic E-state index is -0.121. The minimum Gasteiger partial charge on any atom is -0.397 e. The highest BCUT2D eigenvalue weighted by Gasteiger charge is 2.38. The highest BCUT2D eigenvalue weighted by molar-refractivity contribution is 7.18. The van der Waals surface area contributed by atoms with E-state index in [-0.39, 0.29) is 11.4 Å². The van der Waals surface area contributed by atoms with Crippen LogP contribution < -0.4 is 16.4 Å². The SMILES string of the molecule is CNC(=O)c1sc(NC(C)(C)C2CC2)cc1N. The Labute approximate surface area is 106 Å². The average molecular weight is 253 g/mol. The maximum absolute atomic E-state index is 11.6. The van der Waals surface area contributed by atoms with Gasteiger partial charge in [-0.15, -0.1) is 11.3 Å². The summed E-state index contributed by atoms with van der Waals surface area (Å²) in [6.45, 7) is 4.39. The van der Waals surface area contributed by atoms with Crippen LogP contribution in [0.5, 0.6) is 0 Å². The fourth-order valence-corrected chi connectivity index (χ4v) is 3.07. The van der Waals surface area contributed by atoms with Crippen LogP contribution in [0.2, 0.25) is 0 Å². The normalized spacial score (nSPS) is 15.7. The number of rotatable bonds is 4. The molecule has 0 unspecified atom stereocenters. The Kier molecular flexibility index (Phi) is 3.03. The van der Waals surface area contributed by atoms with Gasteiger partial charge in [0.1, 0.15) is 4.88 Å². The van der Waals surface area contributed by atoms with Crippen LogP contribution in [0.3, 0.4) is 0 Å². The monoisotopic (exact) mass is 253 g/mol. The lowest BCUT2D eigenvalue weighted by Crippen LogP contribution is -2.32. The van der Waals surface area contributed by atoms with Crippen LogP contribution in [-0.4, -0.2) is 18.5 Å². The van der Waals surface area contributed by atoms with Gasteiger partial charge in [-0.2, -0.15) is 0 Å². The number of anilines is 2. The number of carbonyl (C=O) groups excluding carboxylic acids is 1. The molecule has 1 aliphatic rings. The standard InChI is InChI=1S/C12H19N3OS/c1-12(2,7-4-5-7)15-9-6-8(13)10(17-9)11(16)14-3/h6-7,15H,4-5,13H2,1-3H3,(H,14,16). The number of hydrogen-bond acceptors (Lipinski definition) is 4. The second-order valence-corrected chi connectivity index (χ2v) is 6.15. The van der Waals surface area contributed by atoms with Crippen LogP contribution in [0, 0.1) is 5.92 Å². The van der Waals surface area contributed by atoms with Crippen molar-refractivity contribution in [2.75, 3.05) is 18.1 Å². The molecular weight excluding hydrogens is 234 g/mol. The summed E-state index contributed by atoms with van der Waals surface area (Å²) < 4.78 is 0. The molecule has 0 saturated heterocycles. The van der Waals surface area contributed by atoms with E-state index in [9.17, 15) is 4.79 Å². The number of nitrogens with one attached hydrogen (secondary N) is 2. The molecule has 1 aromatic rings. The third-order valence-corrected chi connectivity index (χ3v) is 4.30. The third-order valence-electron chi connectivity index (χ3n) is 3.24. The number of hydrogen-bond donors (Lipinski definition) is 3. The molecule has 0 aromatic carbocycles. The van der Waals surface area contributed by atoms with Crippen molar-refractivity contribution in [1.29, 1.82) is 0 Å². The molecule has 1 heterocycles. The van der Waals surface area contributed by atoms with Crippen LogP contribution in [0.15, 0.2) is 6.07 Å². The Hall–Kier alpha value is -1.23. The molecule has 1 saturated carbocycles. The molecule has 4 nitrogen and oxygen atoms in total. The molecule has 0 aliphatic heterocycles. The summed E-state index contributed by atoms with van der Waals surface area (Å²) in [4.78, 5) is 12.1. The largest absolute Gasteiger partial charge is 0.397 e. The van der Waals surface area contributed by atoms with Crippen LogP contribution in [0.25, 0.3) is 0 Å². The second-order valence-electron chi connectivity index (χ2n) is 5.10. The molecule has 4 N–H and O–H groups in total. The minimum absolute atomic E-state index is 0.0806. The predicted octanol–water partition coefficient (Wildman–Crippen LogP) is 2.29. The van der Waals surface area contributed by atoms with E-state index in [2.05, 4.69) is 24.5 Å². The maximum atomic E-state index is 11.6. The van der Waals surface area contributed by atoms with Gasteiger partial charge in [-0.3, -0.25) is 4.79 Å². The zero-order chi connectivity index (χ0) is 12.6. The van der Waals surface area contributed by atoms with Gasteiger partial charge in [-0.1, -0.05) is 0 Å². The Morgan fingerprint density at radius 3 is 2.71 bits per heavy atom. The Morgan fingerprint density at radius 2 is 2.18 bits per heavy atom. The first-order valence-corrected chi connectivity index (χ1v) is 6.65. The van der Waals surface area contributed by atoms with Crippen molar-refractivity contribution in [2.24, 2.45) is 5.92 Å². The van der Waals surface area contributed by atoms with E-state index in [1.165, 1.54) is 24.2 Å². The summed E-state index contributed by atoms with van der Waals surface area (Å²) >= 11 is 1.42. The smallest absolute Gasteiger partial charge is 0.263 e. The summed E-state index contributed by atoms with van der Waals surface area (Å²) in [5.41, 5.74) is 6.46. The Balaban J connectivity index is 2.14. The maximum Gasteiger partial charge on any atom is 0.263 e. The summed E-state index contributed by atoms with van der Waals surface area (Å²) in [7, 11) is 1.61. The predicted molar refractivity (Wildman–Crippen MR) is 72.5 cm³/mol. The van der Waals surface area contributed by atoms with Gasteiger partial charge in [-0.05, 0) is 38.7 Å². The molecule has 17 heavy (non-hydrogen) atoms. The van der Waals surface area contributed by atoms with E-state index in [4.69, 9.17) is 5.73 Å². The molecule has 0 spiro atoms. The number of thiophene rings is 1.